The molecule has 0 unspecified atom stereocenters. The lowest BCUT2D eigenvalue weighted by Crippen LogP contribution is -2.39. The van der Waals surface area contributed by atoms with Gasteiger partial charge in [-0.05, 0) is 55.5 Å². The van der Waals surface area contributed by atoms with Crippen LogP contribution < -0.4 is 10.2 Å². The molecule has 1 saturated heterocycles. The molecule has 2 aliphatic rings. The molecule has 0 saturated carbocycles. The Hall–Kier alpha value is -2.38. The number of nitrogens with one attached hydrogen (secondary N) is 1. The van der Waals surface area contributed by atoms with Gasteiger partial charge in [0.2, 0.25) is 15.9 Å². The Morgan fingerprint density at radius 1 is 0.964 bits per heavy atom. The fourth-order valence-corrected chi connectivity index (χ4v) is 5.47. The second-order valence-corrected chi connectivity index (χ2v) is 9.21. The SMILES string of the molecule is O=C(CNc1cccc(S(=O)(=O)N2CCCC2)c1)N1CCCc2ccccc21. The van der Waals surface area contributed by atoms with E-state index in [0.717, 1.165) is 31.4 Å². The summed E-state index contributed by atoms with van der Waals surface area (Å²) in [4.78, 5) is 14.9. The Bertz CT molecular complexity index is 968. The first kappa shape index (κ1) is 19.0. The standard InChI is InChI=1S/C21H25N3O3S/c25-21(24-14-6-8-17-7-1-2-11-20(17)24)16-22-18-9-5-10-19(15-18)28(26,27)23-12-3-4-13-23/h1-2,5,7,9-11,15,22H,3-4,6,8,12-14,16H2. The summed E-state index contributed by atoms with van der Waals surface area (Å²) in [5.41, 5.74) is 2.81. The molecule has 28 heavy (non-hydrogen) atoms. The van der Waals surface area contributed by atoms with Gasteiger partial charge in [0.05, 0.1) is 11.4 Å². The van der Waals surface area contributed by atoms with E-state index in [1.165, 1.54) is 9.87 Å². The van der Waals surface area contributed by atoms with Crippen molar-refractivity contribution in [2.24, 2.45) is 0 Å². The lowest BCUT2D eigenvalue weighted by molar-refractivity contribution is -0.117. The van der Waals surface area contributed by atoms with Crippen molar-refractivity contribution < 1.29 is 13.2 Å². The Morgan fingerprint density at radius 3 is 2.57 bits per heavy atom. The van der Waals surface area contributed by atoms with Crippen LogP contribution in [-0.4, -0.2) is 44.8 Å². The maximum absolute atomic E-state index is 12.8. The predicted octanol–water partition coefficient (Wildman–Crippen LogP) is 2.86. The van der Waals surface area contributed by atoms with Crippen LogP contribution in [0.1, 0.15) is 24.8 Å². The van der Waals surface area contributed by atoms with Crippen LogP contribution in [0.15, 0.2) is 53.4 Å². The second-order valence-electron chi connectivity index (χ2n) is 7.27. The predicted molar refractivity (Wildman–Crippen MR) is 110 cm³/mol. The van der Waals surface area contributed by atoms with Gasteiger partial charge in [-0.3, -0.25) is 4.79 Å². The van der Waals surface area contributed by atoms with Gasteiger partial charge in [0.25, 0.3) is 0 Å². The first-order chi connectivity index (χ1) is 13.6. The van der Waals surface area contributed by atoms with E-state index in [4.69, 9.17) is 0 Å². The van der Waals surface area contributed by atoms with E-state index < -0.39 is 10.0 Å². The van der Waals surface area contributed by atoms with Gasteiger partial charge in [0, 0.05) is 31.0 Å². The van der Waals surface area contributed by atoms with Crippen LogP contribution in [0, 0.1) is 0 Å². The van der Waals surface area contributed by atoms with Crippen molar-refractivity contribution in [3.8, 4) is 0 Å². The molecule has 0 aromatic heterocycles. The largest absolute Gasteiger partial charge is 0.376 e. The fourth-order valence-electron chi connectivity index (χ4n) is 3.91. The Morgan fingerprint density at radius 2 is 1.75 bits per heavy atom. The molecule has 7 heteroatoms. The van der Waals surface area contributed by atoms with Gasteiger partial charge >= 0.3 is 0 Å². The number of nitrogens with zero attached hydrogens (tertiary/aromatic N) is 2. The van der Waals surface area contributed by atoms with Crippen molar-refractivity contribution in [1.82, 2.24) is 4.31 Å². The highest BCUT2D eigenvalue weighted by molar-refractivity contribution is 7.89. The topological polar surface area (TPSA) is 69.7 Å². The summed E-state index contributed by atoms with van der Waals surface area (Å²) in [6.45, 7) is 1.99. The van der Waals surface area contributed by atoms with E-state index in [1.54, 1.807) is 24.3 Å². The van der Waals surface area contributed by atoms with Crippen molar-refractivity contribution in [2.75, 3.05) is 36.4 Å². The van der Waals surface area contributed by atoms with Gasteiger partial charge < -0.3 is 10.2 Å². The zero-order valence-electron chi connectivity index (χ0n) is 15.8. The van der Waals surface area contributed by atoms with Gasteiger partial charge in [-0.2, -0.15) is 4.31 Å². The number of sulfonamides is 1. The third-order valence-electron chi connectivity index (χ3n) is 5.39. The number of anilines is 2. The van der Waals surface area contributed by atoms with E-state index >= 15 is 0 Å². The number of carbonyl (C=O) groups is 1. The van der Waals surface area contributed by atoms with Crippen LogP contribution in [0.5, 0.6) is 0 Å². The van der Waals surface area contributed by atoms with E-state index in [-0.39, 0.29) is 17.3 Å². The van der Waals surface area contributed by atoms with Crippen LogP contribution in [0.25, 0.3) is 0 Å². The molecule has 148 valence electrons. The average Bonchev–Trinajstić information content (AvgIpc) is 3.28. The van der Waals surface area contributed by atoms with Crippen molar-refractivity contribution in [3.05, 3.63) is 54.1 Å². The molecule has 0 atom stereocenters. The highest BCUT2D eigenvalue weighted by Crippen LogP contribution is 2.27. The molecule has 0 aliphatic carbocycles. The van der Waals surface area contributed by atoms with Crippen molar-refractivity contribution >= 4 is 27.3 Å². The highest BCUT2D eigenvalue weighted by Gasteiger charge is 2.27. The molecular weight excluding hydrogens is 374 g/mol. The number of para-hydroxylation sites is 1. The maximum atomic E-state index is 12.8. The van der Waals surface area contributed by atoms with Crippen LogP contribution in [0.3, 0.4) is 0 Å². The summed E-state index contributed by atoms with van der Waals surface area (Å²) in [6.07, 6.45) is 3.75. The number of carbonyl (C=O) groups excluding carboxylic acids is 1. The van der Waals surface area contributed by atoms with Crippen LogP contribution >= 0.6 is 0 Å². The molecule has 2 aromatic rings. The molecule has 0 spiro atoms. The molecule has 2 aliphatic heterocycles. The van der Waals surface area contributed by atoms with Crippen LogP contribution in [0.4, 0.5) is 11.4 Å². The van der Waals surface area contributed by atoms with Crippen LogP contribution in [0.2, 0.25) is 0 Å². The van der Waals surface area contributed by atoms with Crippen molar-refractivity contribution in [2.45, 2.75) is 30.6 Å². The fraction of sp³-hybridized carbons (Fsp3) is 0.381. The zero-order valence-corrected chi connectivity index (χ0v) is 16.6. The van der Waals surface area contributed by atoms with Gasteiger partial charge in [-0.25, -0.2) is 8.42 Å². The minimum absolute atomic E-state index is 0.0139. The number of aryl methyl sites for hydroxylation is 1. The highest BCUT2D eigenvalue weighted by atomic mass is 32.2. The number of amides is 1. The van der Waals surface area contributed by atoms with Gasteiger partial charge in [0.1, 0.15) is 0 Å². The summed E-state index contributed by atoms with van der Waals surface area (Å²) >= 11 is 0. The molecule has 0 bridgehead atoms. The van der Waals surface area contributed by atoms with E-state index in [0.29, 0.717) is 25.3 Å². The number of benzene rings is 2. The van der Waals surface area contributed by atoms with Gasteiger partial charge in [0.15, 0.2) is 0 Å². The maximum Gasteiger partial charge on any atom is 0.246 e. The third-order valence-corrected chi connectivity index (χ3v) is 7.29. The average molecular weight is 400 g/mol. The summed E-state index contributed by atoms with van der Waals surface area (Å²) < 4.78 is 27.0. The number of hydrogen-bond acceptors (Lipinski definition) is 4. The number of hydrogen-bond donors (Lipinski definition) is 1. The lowest BCUT2D eigenvalue weighted by Gasteiger charge is -2.29. The smallest absolute Gasteiger partial charge is 0.246 e. The number of fused-ring (bicyclic) bond motifs is 1. The van der Waals surface area contributed by atoms with Gasteiger partial charge in [-0.15, -0.1) is 0 Å². The summed E-state index contributed by atoms with van der Waals surface area (Å²) in [5, 5.41) is 3.10. The Labute approximate surface area is 166 Å². The molecule has 4 rings (SSSR count). The molecule has 1 N–H and O–H groups in total. The normalized spacial score (nSPS) is 17.4. The lowest BCUT2D eigenvalue weighted by atomic mass is 10.0. The minimum atomic E-state index is -3.46. The molecule has 0 radical (unpaired) electrons. The summed E-state index contributed by atoms with van der Waals surface area (Å²) in [6, 6.07) is 14.7. The molecular formula is C21H25N3O3S. The molecule has 2 aromatic carbocycles. The molecule has 1 amide bonds. The Balaban J connectivity index is 1.45. The van der Waals surface area contributed by atoms with Crippen molar-refractivity contribution in [1.29, 1.82) is 0 Å². The molecule has 2 heterocycles. The number of rotatable bonds is 5. The van der Waals surface area contributed by atoms with Gasteiger partial charge in [-0.1, -0.05) is 24.3 Å². The van der Waals surface area contributed by atoms with E-state index in [9.17, 15) is 13.2 Å². The van der Waals surface area contributed by atoms with Crippen molar-refractivity contribution in [3.63, 3.8) is 0 Å². The second kappa shape index (κ2) is 7.93. The first-order valence-electron chi connectivity index (χ1n) is 9.78. The third kappa shape index (κ3) is 3.77. The molecule has 6 nitrogen and oxygen atoms in total. The quantitative estimate of drug-likeness (QED) is 0.839. The first-order valence-corrected chi connectivity index (χ1v) is 11.2. The summed E-state index contributed by atoms with van der Waals surface area (Å²) in [5.74, 6) is -0.0139. The monoisotopic (exact) mass is 399 g/mol. The van der Waals surface area contributed by atoms with E-state index in [1.807, 2.05) is 23.1 Å². The van der Waals surface area contributed by atoms with Crippen LogP contribution in [-0.2, 0) is 21.2 Å². The minimum Gasteiger partial charge on any atom is -0.376 e. The Kier molecular flexibility index (Phi) is 5.37. The van der Waals surface area contributed by atoms with E-state index in [2.05, 4.69) is 11.4 Å². The molecule has 1 fully saturated rings. The zero-order chi connectivity index (χ0) is 19.6. The summed E-state index contributed by atoms with van der Waals surface area (Å²) in [7, 11) is -3.46.